The van der Waals surface area contributed by atoms with Crippen molar-refractivity contribution in [3.63, 3.8) is 0 Å². The number of rotatable bonds is 6. The Balaban J connectivity index is 2.57. The topological polar surface area (TPSA) is 92.5 Å². The van der Waals surface area contributed by atoms with Crippen molar-refractivity contribution in [1.82, 2.24) is 0 Å². The van der Waals surface area contributed by atoms with Crippen molar-refractivity contribution in [3.05, 3.63) is 24.3 Å². The zero-order valence-electron chi connectivity index (χ0n) is 12.0. The Morgan fingerprint density at radius 1 is 1.30 bits per heavy atom. The van der Waals surface area contributed by atoms with E-state index in [2.05, 4.69) is 5.32 Å². The van der Waals surface area contributed by atoms with Gasteiger partial charge in [-0.2, -0.15) is 0 Å². The number of hydrogen-bond acceptors (Lipinski definition) is 5. The standard InChI is InChI=1S/C13H21N3O3S/c1-16(2)11-6-4-10(5-7-11)15-13(17)12(14)8-9-20(3,18)19/h4-7,12H,8-9,14H2,1-3H3,(H,15,17). The van der Waals surface area contributed by atoms with Crippen LogP contribution in [0.4, 0.5) is 11.4 Å². The average molecular weight is 299 g/mol. The molecular formula is C13H21N3O3S. The molecule has 3 N–H and O–H groups in total. The molecule has 0 bridgehead atoms. The van der Waals surface area contributed by atoms with Gasteiger partial charge in [0.05, 0.1) is 11.8 Å². The second-order valence-electron chi connectivity index (χ2n) is 4.96. The average Bonchev–Trinajstić information content (AvgIpc) is 2.35. The van der Waals surface area contributed by atoms with Gasteiger partial charge in [-0.05, 0) is 30.7 Å². The third-order valence-corrected chi connectivity index (χ3v) is 3.76. The monoisotopic (exact) mass is 299 g/mol. The number of sulfone groups is 1. The maximum absolute atomic E-state index is 11.8. The highest BCUT2D eigenvalue weighted by atomic mass is 32.2. The van der Waals surface area contributed by atoms with Crippen LogP contribution in [-0.2, 0) is 14.6 Å². The van der Waals surface area contributed by atoms with Crippen molar-refractivity contribution < 1.29 is 13.2 Å². The number of hydrogen-bond donors (Lipinski definition) is 2. The number of carbonyl (C=O) groups excluding carboxylic acids is 1. The van der Waals surface area contributed by atoms with Gasteiger partial charge in [-0.1, -0.05) is 0 Å². The molecule has 0 aliphatic rings. The van der Waals surface area contributed by atoms with Crippen LogP contribution in [0.1, 0.15) is 6.42 Å². The quantitative estimate of drug-likeness (QED) is 0.796. The molecule has 0 aliphatic heterocycles. The summed E-state index contributed by atoms with van der Waals surface area (Å²) in [6.07, 6.45) is 1.23. The van der Waals surface area contributed by atoms with E-state index in [0.29, 0.717) is 5.69 Å². The molecule has 0 aromatic heterocycles. The molecule has 20 heavy (non-hydrogen) atoms. The third kappa shape index (κ3) is 5.58. The van der Waals surface area contributed by atoms with Gasteiger partial charge < -0.3 is 16.0 Å². The molecule has 0 fully saturated rings. The summed E-state index contributed by atoms with van der Waals surface area (Å²) in [7, 11) is 0.744. The van der Waals surface area contributed by atoms with E-state index in [-0.39, 0.29) is 18.1 Å². The van der Waals surface area contributed by atoms with E-state index < -0.39 is 15.9 Å². The lowest BCUT2D eigenvalue weighted by atomic mass is 10.2. The summed E-state index contributed by atoms with van der Waals surface area (Å²) in [6, 6.07) is 6.46. The third-order valence-electron chi connectivity index (χ3n) is 2.79. The van der Waals surface area contributed by atoms with E-state index in [1.54, 1.807) is 12.1 Å². The van der Waals surface area contributed by atoms with E-state index in [1.807, 2.05) is 31.1 Å². The Hall–Kier alpha value is -1.60. The lowest BCUT2D eigenvalue weighted by molar-refractivity contribution is -0.117. The summed E-state index contributed by atoms with van der Waals surface area (Å²) >= 11 is 0. The second-order valence-corrected chi connectivity index (χ2v) is 7.22. The number of nitrogens with two attached hydrogens (primary N) is 1. The molecule has 0 heterocycles. The highest BCUT2D eigenvalue weighted by molar-refractivity contribution is 7.90. The molecule has 0 saturated carbocycles. The van der Waals surface area contributed by atoms with E-state index in [0.717, 1.165) is 11.9 Å². The minimum absolute atomic E-state index is 0.0961. The van der Waals surface area contributed by atoms with Gasteiger partial charge in [0.1, 0.15) is 9.84 Å². The van der Waals surface area contributed by atoms with Crippen LogP contribution in [0.15, 0.2) is 24.3 Å². The maximum Gasteiger partial charge on any atom is 0.241 e. The molecule has 0 aliphatic carbocycles. The van der Waals surface area contributed by atoms with E-state index in [1.165, 1.54) is 0 Å². The summed E-state index contributed by atoms with van der Waals surface area (Å²) in [6.45, 7) is 0. The maximum atomic E-state index is 11.8. The summed E-state index contributed by atoms with van der Waals surface area (Å²) in [5.74, 6) is -0.479. The van der Waals surface area contributed by atoms with Crippen LogP contribution in [0, 0.1) is 0 Å². The lowest BCUT2D eigenvalue weighted by Crippen LogP contribution is -2.37. The highest BCUT2D eigenvalue weighted by Gasteiger charge is 2.16. The molecule has 7 heteroatoms. The van der Waals surface area contributed by atoms with Gasteiger partial charge in [0, 0.05) is 31.7 Å². The van der Waals surface area contributed by atoms with Gasteiger partial charge in [0.15, 0.2) is 0 Å². The highest BCUT2D eigenvalue weighted by Crippen LogP contribution is 2.15. The van der Waals surface area contributed by atoms with Crippen molar-refractivity contribution in [2.24, 2.45) is 5.73 Å². The number of benzene rings is 1. The van der Waals surface area contributed by atoms with Gasteiger partial charge in [0.2, 0.25) is 5.91 Å². The van der Waals surface area contributed by atoms with E-state index in [4.69, 9.17) is 5.73 Å². The normalized spacial score (nSPS) is 12.8. The van der Waals surface area contributed by atoms with E-state index >= 15 is 0 Å². The van der Waals surface area contributed by atoms with Crippen LogP contribution in [-0.4, -0.2) is 46.5 Å². The van der Waals surface area contributed by atoms with Gasteiger partial charge in [-0.15, -0.1) is 0 Å². The van der Waals surface area contributed by atoms with Crippen molar-refractivity contribution in [2.75, 3.05) is 36.3 Å². The lowest BCUT2D eigenvalue weighted by Gasteiger charge is -2.14. The molecule has 1 atom stereocenters. The molecule has 1 aromatic rings. The molecule has 1 amide bonds. The molecule has 1 unspecified atom stereocenters. The largest absolute Gasteiger partial charge is 0.378 e. The summed E-state index contributed by atoms with van der Waals surface area (Å²) in [5.41, 5.74) is 7.32. The molecule has 6 nitrogen and oxygen atoms in total. The van der Waals surface area contributed by atoms with Crippen LogP contribution >= 0.6 is 0 Å². The van der Waals surface area contributed by atoms with Crippen LogP contribution in [0.25, 0.3) is 0 Å². The van der Waals surface area contributed by atoms with Crippen LogP contribution in [0.3, 0.4) is 0 Å². The Morgan fingerprint density at radius 2 is 1.85 bits per heavy atom. The van der Waals surface area contributed by atoms with Crippen molar-refractivity contribution >= 4 is 27.1 Å². The van der Waals surface area contributed by atoms with Gasteiger partial charge in [-0.25, -0.2) is 8.42 Å². The van der Waals surface area contributed by atoms with Gasteiger partial charge in [0.25, 0.3) is 0 Å². The van der Waals surface area contributed by atoms with Gasteiger partial charge >= 0.3 is 0 Å². The number of carbonyl (C=O) groups is 1. The fourth-order valence-corrected chi connectivity index (χ4v) is 2.23. The first kappa shape index (κ1) is 16.5. The molecule has 0 saturated heterocycles. The Labute approximate surface area is 119 Å². The molecule has 0 spiro atoms. The number of nitrogens with zero attached hydrogens (tertiary/aromatic N) is 1. The molecule has 1 aromatic carbocycles. The summed E-state index contributed by atoms with van der Waals surface area (Å²) in [4.78, 5) is 13.8. The predicted octanol–water partition coefficient (Wildman–Crippen LogP) is 0.453. The Kier molecular flexibility index (Phi) is 5.52. The Morgan fingerprint density at radius 3 is 2.30 bits per heavy atom. The van der Waals surface area contributed by atoms with Crippen LogP contribution < -0.4 is 16.0 Å². The number of amides is 1. The zero-order chi connectivity index (χ0) is 15.3. The smallest absolute Gasteiger partial charge is 0.241 e. The second kappa shape index (κ2) is 6.71. The first-order chi connectivity index (χ1) is 9.19. The molecule has 0 radical (unpaired) electrons. The first-order valence-corrected chi connectivity index (χ1v) is 8.26. The first-order valence-electron chi connectivity index (χ1n) is 6.20. The van der Waals surface area contributed by atoms with Gasteiger partial charge in [-0.3, -0.25) is 4.79 Å². The fourth-order valence-electron chi connectivity index (χ4n) is 1.55. The van der Waals surface area contributed by atoms with Crippen molar-refractivity contribution in [3.8, 4) is 0 Å². The number of nitrogens with one attached hydrogen (secondary N) is 1. The fraction of sp³-hybridized carbons (Fsp3) is 0.462. The summed E-state index contributed by atoms with van der Waals surface area (Å²) in [5, 5.41) is 2.67. The van der Waals surface area contributed by atoms with Crippen LogP contribution in [0.5, 0.6) is 0 Å². The minimum Gasteiger partial charge on any atom is -0.378 e. The zero-order valence-corrected chi connectivity index (χ0v) is 12.8. The molecule has 112 valence electrons. The number of anilines is 2. The molecular weight excluding hydrogens is 278 g/mol. The molecule has 1 rings (SSSR count). The van der Waals surface area contributed by atoms with Crippen molar-refractivity contribution in [1.29, 1.82) is 0 Å². The predicted molar refractivity (Wildman–Crippen MR) is 81.7 cm³/mol. The van der Waals surface area contributed by atoms with E-state index in [9.17, 15) is 13.2 Å². The SMILES string of the molecule is CN(C)c1ccc(NC(=O)C(N)CCS(C)(=O)=O)cc1. The summed E-state index contributed by atoms with van der Waals surface area (Å²) < 4.78 is 22.1. The van der Waals surface area contributed by atoms with Crippen molar-refractivity contribution in [2.45, 2.75) is 12.5 Å². The minimum atomic E-state index is -3.11. The Bertz CT molecular complexity index is 553. The van der Waals surface area contributed by atoms with Crippen LogP contribution in [0.2, 0.25) is 0 Å².